The van der Waals surface area contributed by atoms with Crippen LogP contribution in [-0.4, -0.2) is 13.1 Å². The average molecular weight is 524 g/mol. The van der Waals surface area contributed by atoms with Crippen molar-refractivity contribution in [3.05, 3.63) is 58.2 Å². The molecule has 1 aliphatic rings. The monoisotopic (exact) mass is 524 g/mol. The number of hydrogen-bond acceptors (Lipinski definition) is 3. The van der Waals surface area contributed by atoms with Gasteiger partial charge in [0.1, 0.15) is 22.6 Å². The zero-order valence-corrected chi connectivity index (χ0v) is 19.5. The van der Waals surface area contributed by atoms with Gasteiger partial charge in [-0.2, -0.15) is 26.3 Å². The van der Waals surface area contributed by atoms with Crippen molar-refractivity contribution in [1.29, 1.82) is 0 Å². The number of carbonyl (C=O) groups is 1. The number of carbonyl (C=O) groups excluding carboxylic acids is 1. The molecule has 0 radical (unpaired) electrons. The number of hydrogen-bond donors (Lipinski definition) is 0. The van der Waals surface area contributed by atoms with E-state index in [1.807, 2.05) is 0 Å². The third-order valence-corrected chi connectivity index (χ3v) is 6.43. The summed E-state index contributed by atoms with van der Waals surface area (Å²) in [6.07, 6.45) is -6.17. The number of rotatable bonds is 6. The number of alkyl halides is 6. The minimum Gasteiger partial charge on any atom is -0.496 e. The van der Waals surface area contributed by atoms with Crippen LogP contribution in [0.2, 0.25) is 0 Å². The summed E-state index contributed by atoms with van der Waals surface area (Å²) in [6, 6.07) is 3.02. The molecule has 0 atom stereocenters. The molecule has 0 aliphatic heterocycles. The second kappa shape index (κ2) is 10.6. The Kier molecular flexibility index (Phi) is 8.20. The van der Waals surface area contributed by atoms with Crippen molar-refractivity contribution < 1.29 is 49.4 Å². The van der Waals surface area contributed by atoms with Crippen LogP contribution < -0.4 is 9.47 Å². The Morgan fingerprint density at radius 3 is 1.94 bits per heavy atom. The lowest BCUT2D eigenvalue weighted by Gasteiger charge is -2.29. The fourth-order valence-electron chi connectivity index (χ4n) is 4.75. The molecule has 0 saturated heterocycles. The van der Waals surface area contributed by atoms with Crippen molar-refractivity contribution in [3.63, 3.8) is 0 Å². The van der Waals surface area contributed by atoms with Gasteiger partial charge >= 0.3 is 18.3 Å². The van der Waals surface area contributed by atoms with Gasteiger partial charge in [0.05, 0.1) is 12.7 Å². The molecule has 11 heteroatoms. The zero-order valence-electron chi connectivity index (χ0n) is 19.5. The Morgan fingerprint density at radius 1 is 0.861 bits per heavy atom. The largest absolute Gasteiger partial charge is 0.496 e. The van der Waals surface area contributed by atoms with Crippen LogP contribution in [0.15, 0.2) is 24.3 Å². The van der Waals surface area contributed by atoms with Gasteiger partial charge in [0.25, 0.3) is 0 Å². The number of ether oxygens (including phenoxy) is 2. The first-order chi connectivity index (χ1) is 16.8. The van der Waals surface area contributed by atoms with E-state index in [4.69, 9.17) is 0 Å². The summed E-state index contributed by atoms with van der Waals surface area (Å²) in [4.78, 5) is 12.5. The van der Waals surface area contributed by atoms with Crippen molar-refractivity contribution in [3.8, 4) is 11.5 Å². The van der Waals surface area contributed by atoms with Crippen LogP contribution in [0, 0.1) is 17.6 Å². The van der Waals surface area contributed by atoms with Crippen LogP contribution >= 0.6 is 0 Å². The Labute approximate surface area is 202 Å². The number of methoxy groups -OCH3 is 1. The van der Waals surface area contributed by atoms with Crippen molar-refractivity contribution in [2.75, 3.05) is 7.11 Å². The van der Waals surface area contributed by atoms with Gasteiger partial charge in [-0.05, 0) is 61.3 Å². The minimum absolute atomic E-state index is 0.0405. The molecule has 1 aliphatic carbocycles. The van der Waals surface area contributed by atoms with Gasteiger partial charge in [0.15, 0.2) is 11.6 Å². The molecule has 3 rings (SSSR count). The van der Waals surface area contributed by atoms with E-state index < -0.39 is 58.1 Å². The Balaban J connectivity index is 1.93. The molecular formula is C25H24F8O3. The van der Waals surface area contributed by atoms with E-state index in [0.717, 1.165) is 38.9 Å². The van der Waals surface area contributed by atoms with Gasteiger partial charge in [-0.1, -0.05) is 25.8 Å². The molecule has 2 aromatic carbocycles. The first kappa shape index (κ1) is 27.7. The lowest BCUT2D eigenvalue weighted by atomic mass is 9.77. The van der Waals surface area contributed by atoms with Crippen molar-refractivity contribution in [1.82, 2.24) is 0 Å². The summed E-state index contributed by atoms with van der Waals surface area (Å²) < 4.78 is 120. The van der Waals surface area contributed by atoms with Crippen LogP contribution in [0.3, 0.4) is 0 Å². The molecule has 198 valence electrons. The van der Waals surface area contributed by atoms with Crippen molar-refractivity contribution in [2.24, 2.45) is 5.92 Å². The Morgan fingerprint density at radius 2 is 1.42 bits per heavy atom. The first-order valence-corrected chi connectivity index (χ1v) is 11.3. The summed E-state index contributed by atoms with van der Waals surface area (Å²) in [5.41, 5.74) is -5.51. The molecule has 1 fully saturated rings. The standard InChI is InChI=1S/C25H24F8O3/c1-3-4-13-5-7-14(8-6-13)15-9-10-16(22(27)21(15)26)23(34)36-18-12-11-17(35-2)19(24(28,29)30)20(18)25(31,32)33/h9-14H,3-8H2,1-2H3. The summed E-state index contributed by atoms with van der Waals surface area (Å²) in [6.45, 7) is 2.06. The first-order valence-electron chi connectivity index (χ1n) is 11.3. The van der Waals surface area contributed by atoms with E-state index in [1.165, 1.54) is 6.07 Å². The SMILES string of the molecule is CCCC1CCC(c2ccc(C(=O)Oc3ccc(OC)c(C(F)(F)F)c3C(F)(F)F)c(F)c2F)CC1. The molecule has 2 aromatic rings. The van der Waals surface area contributed by atoms with Crippen LogP contribution in [0.1, 0.15) is 78.4 Å². The van der Waals surface area contributed by atoms with Gasteiger partial charge in [-0.3, -0.25) is 0 Å². The summed E-state index contributed by atoms with van der Waals surface area (Å²) in [5.74, 6) is -7.18. The molecule has 36 heavy (non-hydrogen) atoms. The third-order valence-electron chi connectivity index (χ3n) is 6.43. The molecule has 0 bridgehead atoms. The molecule has 1 saturated carbocycles. The summed E-state index contributed by atoms with van der Waals surface area (Å²) >= 11 is 0. The minimum atomic E-state index is -5.61. The van der Waals surface area contributed by atoms with Crippen LogP contribution in [0.25, 0.3) is 0 Å². The molecule has 0 N–H and O–H groups in total. The summed E-state index contributed by atoms with van der Waals surface area (Å²) in [5, 5.41) is 0. The van der Waals surface area contributed by atoms with Crippen LogP contribution in [0.4, 0.5) is 35.1 Å². The third kappa shape index (κ3) is 5.75. The zero-order chi connectivity index (χ0) is 26.8. The fourth-order valence-corrected chi connectivity index (χ4v) is 4.75. The molecule has 0 amide bonds. The Hall–Kier alpha value is -2.85. The van der Waals surface area contributed by atoms with Crippen LogP contribution in [-0.2, 0) is 12.4 Å². The maximum absolute atomic E-state index is 14.9. The highest BCUT2D eigenvalue weighted by Gasteiger charge is 2.48. The Bertz CT molecular complexity index is 1100. The van der Waals surface area contributed by atoms with E-state index in [2.05, 4.69) is 16.4 Å². The molecular weight excluding hydrogens is 500 g/mol. The predicted molar refractivity (Wildman–Crippen MR) is 114 cm³/mol. The van der Waals surface area contributed by atoms with Crippen molar-refractivity contribution >= 4 is 5.97 Å². The van der Waals surface area contributed by atoms with Gasteiger partial charge in [0, 0.05) is 0 Å². The van der Waals surface area contributed by atoms with Crippen LogP contribution in [0.5, 0.6) is 11.5 Å². The van der Waals surface area contributed by atoms with Gasteiger partial charge in [-0.25, -0.2) is 13.6 Å². The van der Waals surface area contributed by atoms with E-state index in [1.54, 1.807) is 0 Å². The highest BCUT2D eigenvalue weighted by Crippen LogP contribution is 2.49. The number of benzene rings is 2. The van der Waals surface area contributed by atoms with E-state index >= 15 is 0 Å². The fraction of sp³-hybridized carbons (Fsp3) is 0.480. The maximum atomic E-state index is 14.9. The van der Waals surface area contributed by atoms with Crippen molar-refractivity contribution in [2.45, 2.75) is 63.7 Å². The van der Waals surface area contributed by atoms with E-state index in [0.29, 0.717) is 30.9 Å². The smallest absolute Gasteiger partial charge is 0.420 e. The molecule has 0 unspecified atom stereocenters. The van der Waals surface area contributed by atoms with E-state index in [-0.39, 0.29) is 11.5 Å². The van der Waals surface area contributed by atoms with Gasteiger partial charge in [0.2, 0.25) is 0 Å². The quantitative estimate of drug-likeness (QED) is 0.217. The predicted octanol–water partition coefficient (Wildman–Crippen LogP) is 8.30. The van der Waals surface area contributed by atoms with E-state index in [9.17, 15) is 39.9 Å². The summed E-state index contributed by atoms with van der Waals surface area (Å²) in [7, 11) is 0.742. The lowest BCUT2D eigenvalue weighted by Crippen LogP contribution is -2.21. The highest BCUT2D eigenvalue weighted by atomic mass is 19.4. The van der Waals surface area contributed by atoms with Gasteiger partial charge < -0.3 is 9.47 Å². The van der Waals surface area contributed by atoms with Gasteiger partial charge in [-0.15, -0.1) is 0 Å². The highest BCUT2D eigenvalue weighted by molar-refractivity contribution is 5.91. The number of halogens is 8. The molecule has 0 aromatic heterocycles. The maximum Gasteiger partial charge on any atom is 0.420 e. The average Bonchev–Trinajstić information content (AvgIpc) is 2.80. The lowest BCUT2D eigenvalue weighted by molar-refractivity contribution is -0.163. The molecule has 0 heterocycles. The molecule has 0 spiro atoms. The second-order valence-electron chi connectivity index (χ2n) is 8.74. The normalized spacial score (nSPS) is 18.7. The number of esters is 1. The molecule has 3 nitrogen and oxygen atoms in total. The second-order valence-corrected chi connectivity index (χ2v) is 8.74. The topological polar surface area (TPSA) is 35.5 Å².